The summed E-state index contributed by atoms with van der Waals surface area (Å²) in [5.41, 5.74) is 0. The highest BCUT2D eigenvalue weighted by molar-refractivity contribution is 7.94. The number of rotatable bonds is 2. The van der Waals surface area contributed by atoms with E-state index in [1.807, 2.05) is 0 Å². The molecule has 0 aliphatic carbocycles. The van der Waals surface area contributed by atoms with E-state index in [4.69, 9.17) is 0 Å². The molecule has 1 fully saturated rings. The van der Waals surface area contributed by atoms with Gasteiger partial charge in [-0.15, -0.1) is 11.3 Å². The Morgan fingerprint density at radius 1 is 1.54 bits per heavy atom. The minimum atomic E-state index is -3.09. The smallest absolute Gasteiger partial charge is 0.203 e. The Bertz CT molecular complexity index is 363. The van der Waals surface area contributed by atoms with Crippen molar-refractivity contribution in [3.8, 4) is 0 Å². The number of hydrogen-bond donors (Lipinski definition) is 1. The maximum atomic E-state index is 11.8. The van der Waals surface area contributed by atoms with Crippen LogP contribution in [0, 0.1) is 0 Å². The molecule has 1 atom stereocenters. The Labute approximate surface area is 81.7 Å². The minimum absolute atomic E-state index is 0.355. The maximum Gasteiger partial charge on any atom is 0.203 e. The molecular weight excluding hydrogens is 206 g/mol. The summed E-state index contributed by atoms with van der Waals surface area (Å²) in [6.45, 7) is 0.815. The fourth-order valence-electron chi connectivity index (χ4n) is 1.48. The van der Waals surface area contributed by atoms with E-state index < -0.39 is 9.84 Å². The molecule has 5 heteroatoms. The summed E-state index contributed by atoms with van der Waals surface area (Å²) in [5.74, 6) is 0. The molecule has 1 unspecified atom stereocenters. The van der Waals surface area contributed by atoms with Gasteiger partial charge in [-0.05, 0) is 30.8 Å². The van der Waals surface area contributed by atoms with Crippen LogP contribution in [0.4, 0.5) is 0 Å². The predicted molar refractivity (Wildman–Crippen MR) is 52.5 cm³/mol. The van der Waals surface area contributed by atoms with Crippen molar-refractivity contribution >= 4 is 21.2 Å². The van der Waals surface area contributed by atoms with E-state index in [0.717, 1.165) is 19.4 Å². The number of thiophene rings is 1. The van der Waals surface area contributed by atoms with Crippen LogP contribution in [0.1, 0.15) is 12.8 Å². The van der Waals surface area contributed by atoms with Gasteiger partial charge in [-0.25, -0.2) is 8.42 Å². The van der Waals surface area contributed by atoms with E-state index in [1.54, 1.807) is 17.5 Å². The van der Waals surface area contributed by atoms with Crippen LogP contribution in [-0.4, -0.2) is 20.3 Å². The first-order chi connectivity index (χ1) is 6.21. The van der Waals surface area contributed by atoms with Crippen molar-refractivity contribution < 1.29 is 8.42 Å². The molecule has 1 aromatic rings. The van der Waals surface area contributed by atoms with E-state index >= 15 is 0 Å². The fourth-order valence-corrected chi connectivity index (χ4v) is 4.35. The lowest BCUT2D eigenvalue weighted by Crippen LogP contribution is -2.30. The van der Waals surface area contributed by atoms with Gasteiger partial charge in [0, 0.05) is 0 Å². The maximum absolute atomic E-state index is 11.8. The van der Waals surface area contributed by atoms with Crippen LogP contribution in [0.3, 0.4) is 0 Å². The van der Waals surface area contributed by atoms with Gasteiger partial charge in [-0.1, -0.05) is 6.07 Å². The van der Waals surface area contributed by atoms with Crippen molar-refractivity contribution in [3.05, 3.63) is 17.5 Å². The average molecular weight is 217 g/mol. The standard InChI is InChI=1S/C8H11NO2S2/c10-13(11,7-3-1-5-9-7)8-4-2-6-12-8/h2,4,6-7,9H,1,3,5H2. The van der Waals surface area contributed by atoms with Gasteiger partial charge in [-0.2, -0.15) is 0 Å². The zero-order valence-electron chi connectivity index (χ0n) is 7.06. The quantitative estimate of drug-likeness (QED) is 0.810. The molecule has 0 saturated carbocycles. The topological polar surface area (TPSA) is 46.2 Å². The average Bonchev–Trinajstić information content (AvgIpc) is 2.78. The Balaban J connectivity index is 2.30. The molecule has 72 valence electrons. The van der Waals surface area contributed by atoms with Crippen LogP contribution in [0.15, 0.2) is 21.7 Å². The third kappa shape index (κ3) is 1.63. The molecule has 0 amide bonds. The molecule has 2 heterocycles. The summed E-state index contributed by atoms with van der Waals surface area (Å²) >= 11 is 1.29. The van der Waals surface area contributed by atoms with Crippen LogP contribution < -0.4 is 5.32 Å². The van der Waals surface area contributed by atoms with E-state index in [0.29, 0.717) is 4.21 Å². The van der Waals surface area contributed by atoms with Crippen molar-refractivity contribution in [2.24, 2.45) is 0 Å². The van der Waals surface area contributed by atoms with E-state index in [2.05, 4.69) is 5.32 Å². The molecule has 0 spiro atoms. The van der Waals surface area contributed by atoms with Gasteiger partial charge in [-0.3, -0.25) is 0 Å². The molecule has 0 aromatic carbocycles. The second-order valence-corrected chi connectivity index (χ2v) is 6.37. The molecule has 0 radical (unpaired) electrons. The SMILES string of the molecule is O=S(=O)(c1cccs1)C1CCCN1. The Morgan fingerprint density at radius 3 is 2.92 bits per heavy atom. The Morgan fingerprint density at radius 2 is 2.38 bits per heavy atom. The van der Waals surface area contributed by atoms with Crippen LogP contribution >= 0.6 is 11.3 Å². The third-order valence-electron chi connectivity index (χ3n) is 2.17. The Hall–Kier alpha value is -0.390. The largest absolute Gasteiger partial charge is 0.301 e. The summed E-state index contributed by atoms with van der Waals surface area (Å²) in [7, 11) is -3.09. The van der Waals surface area contributed by atoms with Crippen molar-refractivity contribution in [2.75, 3.05) is 6.54 Å². The highest BCUT2D eigenvalue weighted by Gasteiger charge is 2.30. The molecule has 1 aliphatic rings. The van der Waals surface area contributed by atoms with Crippen molar-refractivity contribution in [2.45, 2.75) is 22.4 Å². The predicted octanol–water partition coefficient (Wildman–Crippen LogP) is 1.23. The van der Waals surface area contributed by atoms with Gasteiger partial charge in [0.05, 0.1) is 0 Å². The molecule has 13 heavy (non-hydrogen) atoms. The van der Waals surface area contributed by atoms with Crippen LogP contribution in [0.25, 0.3) is 0 Å². The number of sulfone groups is 1. The van der Waals surface area contributed by atoms with E-state index in [1.165, 1.54) is 11.3 Å². The van der Waals surface area contributed by atoms with Gasteiger partial charge in [0.15, 0.2) is 0 Å². The zero-order chi connectivity index (χ0) is 9.31. The van der Waals surface area contributed by atoms with Crippen molar-refractivity contribution in [1.29, 1.82) is 0 Å². The third-order valence-corrected chi connectivity index (χ3v) is 5.66. The molecule has 1 N–H and O–H groups in total. The molecule has 2 rings (SSSR count). The molecular formula is C8H11NO2S2. The lowest BCUT2D eigenvalue weighted by Gasteiger charge is -2.09. The first-order valence-corrected chi connectivity index (χ1v) is 6.64. The van der Waals surface area contributed by atoms with Gasteiger partial charge in [0.2, 0.25) is 9.84 Å². The number of hydrogen-bond acceptors (Lipinski definition) is 4. The van der Waals surface area contributed by atoms with Crippen LogP contribution in [0.2, 0.25) is 0 Å². The summed E-state index contributed by atoms with van der Waals surface area (Å²) < 4.78 is 24.2. The van der Waals surface area contributed by atoms with Crippen molar-refractivity contribution in [1.82, 2.24) is 5.32 Å². The van der Waals surface area contributed by atoms with Gasteiger partial charge in [0.25, 0.3) is 0 Å². The number of nitrogens with one attached hydrogen (secondary N) is 1. The molecule has 1 saturated heterocycles. The monoisotopic (exact) mass is 217 g/mol. The first-order valence-electron chi connectivity index (χ1n) is 4.22. The van der Waals surface area contributed by atoms with E-state index in [-0.39, 0.29) is 5.37 Å². The highest BCUT2D eigenvalue weighted by Crippen LogP contribution is 2.24. The normalized spacial score (nSPS) is 23.5. The molecule has 1 aliphatic heterocycles. The van der Waals surface area contributed by atoms with Crippen LogP contribution in [0.5, 0.6) is 0 Å². The Kier molecular flexibility index (Phi) is 2.40. The minimum Gasteiger partial charge on any atom is -0.301 e. The lowest BCUT2D eigenvalue weighted by atomic mass is 10.4. The second kappa shape index (κ2) is 3.40. The van der Waals surface area contributed by atoms with Gasteiger partial charge in [0.1, 0.15) is 9.58 Å². The molecule has 3 nitrogen and oxygen atoms in total. The van der Waals surface area contributed by atoms with Gasteiger partial charge < -0.3 is 5.32 Å². The molecule has 0 bridgehead atoms. The summed E-state index contributed by atoms with van der Waals surface area (Å²) in [4.78, 5) is 0. The summed E-state index contributed by atoms with van der Waals surface area (Å²) in [6, 6.07) is 3.44. The summed E-state index contributed by atoms with van der Waals surface area (Å²) in [5, 5.41) is 4.44. The highest BCUT2D eigenvalue weighted by atomic mass is 32.2. The van der Waals surface area contributed by atoms with E-state index in [9.17, 15) is 8.42 Å². The molecule has 1 aromatic heterocycles. The fraction of sp³-hybridized carbons (Fsp3) is 0.500. The zero-order valence-corrected chi connectivity index (χ0v) is 8.70. The van der Waals surface area contributed by atoms with Crippen molar-refractivity contribution in [3.63, 3.8) is 0 Å². The summed E-state index contributed by atoms with van der Waals surface area (Å²) in [6.07, 6.45) is 1.69. The van der Waals surface area contributed by atoms with Gasteiger partial charge >= 0.3 is 0 Å². The first kappa shape index (κ1) is 9.18. The van der Waals surface area contributed by atoms with Crippen LogP contribution in [-0.2, 0) is 9.84 Å². The second-order valence-electron chi connectivity index (χ2n) is 3.06. The lowest BCUT2D eigenvalue weighted by molar-refractivity contribution is 0.574.